The molecular formula is C17H11BrCl2FN3O2. The van der Waals surface area contributed by atoms with Gasteiger partial charge in [0.05, 0.1) is 10.7 Å². The maximum Gasteiger partial charge on any atom is 0.276 e. The van der Waals surface area contributed by atoms with Crippen LogP contribution in [0.1, 0.15) is 10.5 Å². The summed E-state index contributed by atoms with van der Waals surface area (Å²) in [6.45, 7) is 0.0429. The number of carbonyl (C=O) groups is 1. The number of hydrogen-bond donors (Lipinski definition) is 1. The zero-order valence-corrected chi connectivity index (χ0v) is 16.1. The van der Waals surface area contributed by atoms with E-state index in [-0.39, 0.29) is 18.1 Å². The molecule has 0 bridgehead atoms. The van der Waals surface area contributed by atoms with E-state index in [2.05, 4.69) is 26.3 Å². The molecule has 1 N–H and O–H groups in total. The van der Waals surface area contributed by atoms with Gasteiger partial charge >= 0.3 is 0 Å². The fraction of sp³-hybridized carbons (Fsp3) is 0.0588. The first kappa shape index (κ1) is 18.7. The number of ether oxygens (including phenoxy) is 1. The topological polar surface area (TPSA) is 56.2 Å². The molecule has 1 heterocycles. The minimum atomic E-state index is -0.548. The fourth-order valence-electron chi connectivity index (χ4n) is 2.06. The van der Waals surface area contributed by atoms with Crippen molar-refractivity contribution in [1.29, 1.82) is 0 Å². The Morgan fingerprint density at radius 1 is 1.23 bits per heavy atom. The summed E-state index contributed by atoms with van der Waals surface area (Å²) in [6, 6.07) is 10.7. The number of carbonyl (C=O) groups excluding carboxylic acids is 1. The molecule has 1 amide bonds. The van der Waals surface area contributed by atoms with Crippen molar-refractivity contribution in [2.75, 3.05) is 5.32 Å². The first-order valence-electron chi connectivity index (χ1n) is 7.30. The summed E-state index contributed by atoms with van der Waals surface area (Å²) in [5.41, 5.74) is 0.190. The Hall–Kier alpha value is -2.09. The molecule has 2 aromatic carbocycles. The van der Waals surface area contributed by atoms with Crippen LogP contribution in [-0.2, 0) is 6.73 Å². The van der Waals surface area contributed by atoms with E-state index in [0.29, 0.717) is 20.3 Å². The molecule has 0 aliphatic carbocycles. The van der Waals surface area contributed by atoms with Gasteiger partial charge in [-0.25, -0.2) is 9.07 Å². The molecular weight excluding hydrogens is 448 g/mol. The second-order valence-corrected chi connectivity index (χ2v) is 6.93. The molecule has 0 atom stereocenters. The van der Waals surface area contributed by atoms with Gasteiger partial charge in [-0.1, -0.05) is 39.1 Å². The normalized spacial score (nSPS) is 10.6. The summed E-state index contributed by atoms with van der Waals surface area (Å²) in [6.07, 6.45) is 1.57. The number of amides is 1. The van der Waals surface area contributed by atoms with Crippen molar-refractivity contribution in [2.24, 2.45) is 0 Å². The molecule has 0 spiro atoms. The molecule has 3 rings (SSSR count). The highest BCUT2D eigenvalue weighted by Crippen LogP contribution is 2.27. The van der Waals surface area contributed by atoms with Gasteiger partial charge in [0.1, 0.15) is 11.6 Å². The summed E-state index contributed by atoms with van der Waals surface area (Å²) < 4.78 is 21.3. The molecule has 26 heavy (non-hydrogen) atoms. The van der Waals surface area contributed by atoms with Crippen LogP contribution in [0, 0.1) is 5.82 Å². The van der Waals surface area contributed by atoms with Crippen molar-refractivity contribution < 1.29 is 13.9 Å². The number of halogens is 4. The zero-order chi connectivity index (χ0) is 18.7. The number of nitrogens with zero attached hydrogens (tertiary/aromatic N) is 2. The monoisotopic (exact) mass is 457 g/mol. The first-order valence-corrected chi connectivity index (χ1v) is 8.85. The van der Waals surface area contributed by atoms with Crippen LogP contribution < -0.4 is 10.1 Å². The van der Waals surface area contributed by atoms with Gasteiger partial charge in [0.15, 0.2) is 12.4 Å². The Kier molecular flexibility index (Phi) is 5.80. The van der Waals surface area contributed by atoms with Crippen LogP contribution in [0.4, 0.5) is 10.1 Å². The molecule has 0 unspecified atom stereocenters. The standard InChI is InChI=1S/C17H11BrCl2FN3O2/c18-10-1-3-14(13(21)7-10)22-17(25)15-5-6-24(23-15)9-26-16-4-2-11(19)8-12(16)20/h1-8H,9H2,(H,22,25). The Bertz CT molecular complexity index is 965. The molecule has 0 aliphatic rings. The lowest BCUT2D eigenvalue weighted by Gasteiger charge is -2.08. The molecule has 0 aliphatic heterocycles. The van der Waals surface area contributed by atoms with Crippen molar-refractivity contribution in [1.82, 2.24) is 9.78 Å². The van der Waals surface area contributed by atoms with Crippen LogP contribution in [0.3, 0.4) is 0 Å². The first-order chi connectivity index (χ1) is 12.4. The molecule has 5 nitrogen and oxygen atoms in total. The number of rotatable bonds is 5. The molecule has 134 valence electrons. The van der Waals surface area contributed by atoms with E-state index >= 15 is 0 Å². The molecule has 0 radical (unpaired) electrons. The van der Waals surface area contributed by atoms with E-state index in [1.807, 2.05) is 0 Å². The average molecular weight is 459 g/mol. The van der Waals surface area contributed by atoms with Crippen LogP contribution in [-0.4, -0.2) is 15.7 Å². The number of aromatic nitrogens is 2. The second kappa shape index (κ2) is 8.07. The maximum absolute atomic E-state index is 13.8. The smallest absolute Gasteiger partial charge is 0.276 e. The van der Waals surface area contributed by atoms with Gasteiger partial charge in [0.2, 0.25) is 0 Å². The lowest BCUT2D eigenvalue weighted by Crippen LogP contribution is -2.15. The Balaban J connectivity index is 1.64. The van der Waals surface area contributed by atoms with E-state index in [0.717, 1.165) is 0 Å². The quantitative estimate of drug-likeness (QED) is 0.558. The van der Waals surface area contributed by atoms with Crippen molar-refractivity contribution >= 4 is 50.7 Å². The zero-order valence-electron chi connectivity index (χ0n) is 13.0. The van der Waals surface area contributed by atoms with Gasteiger partial charge in [0, 0.05) is 15.7 Å². The van der Waals surface area contributed by atoms with E-state index in [1.165, 1.54) is 22.9 Å². The van der Waals surface area contributed by atoms with E-state index in [4.69, 9.17) is 27.9 Å². The number of nitrogens with one attached hydrogen (secondary N) is 1. The highest BCUT2D eigenvalue weighted by molar-refractivity contribution is 9.10. The third kappa shape index (κ3) is 4.55. The average Bonchev–Trinajstić information content (AvgIpc) is 3.06. The van der Waals surface area contributed by atoms with Crippen molar-refractivity contribution in [3.63, 3.8) is 0 Å². The van der Waals surface area contributed by atoms with Gasteiger partial charge in [-0.05, 0) is 42.5 Å². The summed E-state index contributed by atoms with van der Waals surface area (Å²) in [5, 5.41) is 7.43. The molecule has 0 fully saturated rings. The summed E-state index contributed by atoms with van der Waals surface area (Å²) in [7, 11) is 0. The summed E-state index contributed by atoms with van der Waals surface area (Å²) >= 11 is 15.0. The number of hydrogen-bond acceptors (Lipinski definition) is 3. The Labute approximate surface area is 166 Å². The lowest BCUT2D eigenvalue weighted by atomic mass is 10.3. The minimum absolute atomic E-state index is 0.0429. The maximum atomic E-state index is 13.8. The Morgan fingerprint density at radius 3 is 2.77 bits per heavy atom. The molecule has 3 aromatic rings. The highest BCUT2D eigenvalue weighted by atomic mass is 79.9. The third-order valence-electron chi connectivity index (χ3n) is 3.30. The Morgan fingerprint density at radius 2 is 2.04 bits per heavy atom. The SMILES string of the molecule is O=C(Nc1ccc(Br)cc1F)c1ccn(COc2ccc(Cl)cc2Cl)n1. The molecule has 0 saturated carbocycles. The van der Waals surface area contributed by atoms with Crippen molar-refractivity contribution in [3.8, 4) is 5.75 Å². The predicted octanol–water partition coefficient (Wildman–Crippen LogP) is 5.38. The van der Waals surface area contributed by atoms with Crippen LogP contribution in [0.5, 0.6) is 5.75 Å². The highest BCUT2D eigenvalue weighted by Gasteiger charge is 2.13. The largest absolute Gasteiger partial charge is 0.470 e. The van der Waals surface area contributed by atoms with Gasteiger partial charge in [-0.3, -0.25) is 4.79 Å². The van der Waals surface area contributed by atoms with Crippen LogP contribution >= 0.6 is 39.1 Å². The van der Waals surface area contributed by atoms with Gasteiger partial charge in [0.25, 0.3) is 5.91 Å². The molecule has 9 heteroatoms. The van der Waals surface area contributed by atoms with Crippen LogP contribution in [0.25, 0.3) is 0 Å². The van der Waals surface area contributed by atoms with Gasteiger partial charge in [-0.2, -0.15) is 5.10 Å². The number of anilines is 1. The van der Waals surface area contributed by atoms with Crippen LogP contribution in [0.2, 0.25) is 10.0 Å². The van der Waals surface area contributed by atoms with Crippen molar-refractivity contribution in [2.45, 2.75) is 6.73 Å². The fourth-order valence-corrected chi connectivity index (χ4v) is 2.86. The van der Waals surface area contributed by atoms with Gasteiger partial charge in [-0.15, -0.1) is 0 Å². The minimum Gasteiger partial charge on any atom is -0.470 e. The van der Waals surface area contributed by atoms with Gasteiger partial charge < -0.3 is 10.1 Å². The van der Waals surface area contributed by atoms with E-state index in [1.54, 1.807) is 30.5 Å². The van der Waals surface area contributed by atoms with Crippen LogP contribution in [0.15, 0.2) is 53.1 Å². The summed E-state index contributed by atoms with van der Waals surface area (Å²) in [5.74, 6) is -0.642. The summed E-state index contributed by atoms with van der Waals surface area (Å²) in [4.78, 5) is 12.2. The molecule has 0 saturated heterocycles. The second-order valence-electron chi connectivity index (χ2n) is 5.17. The number of benzene rings is 2. The third-order valence-corrected chi connectivity index (χ3v) is 4.32. The predicted molar refractivity (Wildman–Crippen MR) is 101 cm³/mol. The lowest BCUT2D eigenvalue weighted by molar-refractivity contribution is 0.101. The van der Waals surface area contributed by atoms with E-state index < -0.39 is 11.7 Å². The molecule has 1 aromatic heterocycles. The van der Waals surface area contributed by atoms with E-state index in [9.17, 15) is 9.18 Å². The van der Waals surface area contributed by atoms with Crippen molar-refractivity contribution in [3.05, 3.63) is 74.7 Å².